The summed E-state index contributed by atoms with van der Waals surface area (Å²) in [4.78, 5) is 12.9. The lowest BCUT2D eigenvalue weighted by Crippen LogP contribution is -2.46. The van der Waals surface area contributed by atoms with E-state index in [1.54, 1.807) is 13.8 Å². The summed E-state index contributed by atoms with van der Waals surface area (Å²) in [6.07, 6.45) is 0. The molecule has 2 N–H and O–H groups in total. The Balaban J connectivity index is 2.28. The fourth-order valence-electron chi connectivity index (χ4n) is 1.73. The fourth-order valence-corrected chi connectivity index (χ4v) is 2.54. The van der Waals surface area contributed by atoms with E-state index in [1.165, 1.54) is 11.3 Å². The second kappa shape index (κ2) is 5.55. The Labute approximate surface area is 116 Å². The number of aliphatic hydroxyl groups excluding tert-OH is 1. The average molecular weight is 275 g/mol. The third kappa shape index (κ3) is 3.22. The molecule has 0 atom stereocenters. The van der Waals surface area contributed by atoms with Gasteiger partial charge in [-0.05, 0) is 30.9 Å². The van der Waals surface area contributed by atoms with Gasteiger partial charge in [-0.3, -0.25) is 4.79 Å². The summed E-state index contributed by atoms with van der Waals surface area (Å²) in [6, 6.07) is 11.8. The zero-order valence-electron chi connectivity index (χ0n) is 11.0. The first-order chi connectivity index (χ1) is 9.03. The summed E-state index contributed by atoms with van der Waals surface area (Å²) in [5.74, 6) is -0.145. The molecule has 0 spiro atoms. The van der Waals surface area contributed by atoms with Crippen LogP contribution in [0.25, 0.3) is 11.1 Å². The SMILES string of the molecule is CC(C)(CO)NC(=O)c1sccc1-c1ccccc1. The molecular weight excluding hydrogens is 258 g/mol. The van der Waals surface area contributed by atoms with E-state index in [4.69, 9.17) is 0 Å². The summed E-state index contributed by atoms with van der Waals surface area (Å²) < 4.78 is 0. The van der Waals surface area contributed by atoms with E-state index in [1.807, 2.05) is 41.8 Å². The predicted octanol–water partition coefficient (Wildman–Crippen LogP) is 2.92. The highest BCUT2D eigenvalue weighted by Crippen LogP contribution is 2.28. The van der Waals surface area contributed by atoms with E-state index in [0.29, 0.717) is 4.88 Å². The van der Waals surface area contributed by atoms with Crippen molar-refractivity contribution >= 4 is 17.2 Å². The Bertz CT molecular complexity index is 561. The van der Waals surface area contributed by atoms with Gasteiger partial charge in [0, 0.05) is 5.56 Å². The number of carbonyl (C=O) groups excluding carboxylic acids is 1. The molecule has 0 saturated carbocycles. The van der Waals surface area contributed by atoms with Crippen molar-refractivity contribution in [1.82, 2.24) is 5.32 Å². The van der Waals surface area contributed by atoms with Crippen LogP contribution in [0.5, 0.6) is 0 Å². The van der Waals surface area contributed by atoms with Gasteiger partial charge in [-0.2, -0.15) is 0 Å². The quantitative estimate of drug-likeness (QED) is 0.901. The summed E-state index contributed by atoms with van der Waals surface area (Å²) in [7, 11) is 0. The fraction of sp³-hybridized carbons (Fsp3) is 0.267. The van der Waals surface area contributed by atoms with E-state index < -0.39 is 5.54 Å². The number of thiophene rings is 1. The van der Waals surface area contributed by atoms with Crippen molar-refractivity contribution in [2.24, 2.45) is 0 Å². The molecule has 100 valence electrons. The number of benzene rings is 1. The van der Waals surface area contributed by atoms with Crippen LogP contribution in [0.3, 0.4) is 0 Å². The highest BCUT2D eigenvalue weighted by molar-refractivity contribution is 7.12. The van der Waals surface area contributed by atoms with Crippen LogP contribution in [-0.2, 0) is 0 Å². The normalized spacial score (nSPS) is 11.3. The predicted molar refractivity (Wildman–Crippen MR) is 78.4 cm³/mol. The lowest BCUT2D eigenvalue weighted by Gasteiger charge is -2.23. The van der Waals surface area contributed by atoms with Gasteiger partial charge in [0.2, 0.25) is 0 Å². The van der Waals surface area contributed by atoms with Gasteiger partial charge < -0.3 is 10.4 Å². The summed E-state index contributed by atoms with van der Waals surface area (Å²) in [5.41, 5.74) is 1.34. The van der Waals surface area contributed by atoms with Crippen LogP contribution >= 0.6 is 11.3 Å². The zero-order valence-corrected chi connectivity index (χ0v) is 11.8. The van der Waals surface area contributed by atoms with Crippen molar-refractivity contribution < 1.29 is 9.90 Å². The topological polar surface area (TPSA) is 49.3 Å². The molecule has 2 aromatic rings. The molecule has 0 bridgehead atoms. The Hall–Kier alpha value is -1.65. The van der Waals surface area contributed by atoms with E-state index in [0.717, 1.165) is 11.1 Å². The molecule has 19 heavy (non-hydrogen) atoms. The molecule has 1 amide bonds. The minimum atomic E-state index is -0.616. The standard InChI is InChI=1S/C15H17NO2S/c1-15(2,10-17)16-14(18)13-12(8-9-19-13)11-6-4-3-5-7-11/h3-9,17H,10H2,1-2H3,(H,16,18). The molecule has 0 aliphatic heterocycles. The lowest BCUT2D eigenvalue weighted by molar-refractivity contribution is 0.0874. The number of hydrogen-bond donors (Lipinski definition) is 2. The van der Waals surface area contributed by atoms with Gasteiger partial charge in [0.05, 0.1) is 17.0 Å². The minimum Gasteiger partial charge on any atom is -0.394 e. The van der Waals surface area contributed by atoms with Crippen molar-refractivity contribution in [2.45, 2.75) is 19.4 Å². The number of aliphatic hydroxyl groups is 1. The molecule has 4 heteroatoms. The molecule has 0 radical (unpaired) electrons. The molecule has 0 aliphatic carbocycles. The second-order valence-corrected chi connectivity index (χ2v) is 5.94. The molecule has 0 fully saturated rings. The van der Waals surface area contributed by atoms with Crippen molar-refractivity contribution in [1.29, 1.82) is 0 Å². The molecule has 1 heterocycles. The maximum atomic E-state index is 12.3. The van der Waals surface area contributed by atoms with Gasteiger partial charge in [0.25, 0.3) is 5.91 Å². The number of nitrogens with one attached hydrogen (secondary N) is 1. The summed E-state index contributed by atoms with van der Waals surface area (Å²) in [6.45, 7) is 3.49. The van der Waals surface area contributed by atoms with Crippen molar-refractivity contribution in [3.05, 3.63) is 46.7 Å². The van der Waals surface area contributed by atoms with Crippen molar-refractivity contribution in [3.63, 3.8) is 0 Å². The number of amides is 1. The first-order valence-electron chi connectivity index (χ1n) is 6.10. The lowest BCUT2D eigenvalue weighted by atomic mass is 10.0. The van der Waals surface area contributed by atoms with Gasteiger partial charge in [0.1, 0.15) is 0 Å². The Morgan fingerprint density at radius 3 is 2.58 bits per heavy atom. The van der Waals surface area contributed by atoms with Crippen LogP contribution in [0.1, 0.15) is 23.5 Å². The zero-order chi connectivity index (χ0) is 13.9. The molecule has 0 saturated heterocycles. The Morgan fingerprint density at radius 1 is 1.26 bits per heavy atom. The Morgan fingerprint density at radius 2 is 1.95 bits per heavy atom. The smallest absolute Gasteiger partial charge is 0.262 e. The van der Waals surface area contributed by atoms with Gasteiger partial charge in [-0.15, -0.1) is 11.3 Å². The maximum Gasteiger partial charge on any atom is 0.262 e. The number of carbonyl (C=O) groups is 1. The van der Waals surface area contributed by atoms with Crippen LogP contribution in [-0.4, -0.2) is 23.2 Å². The summed E-state index contributed by atoms with van der Waals surface area (Å²) in [5, 5.41) is 14.0. The van der Waals surface area contributed by atoms with Crippen LogP contribution in [0, 0.1) is 0 Å². The summed E-state index contributed by atoms with van der Waals surface area (Å²) >= 11 is 1.41. The Kier molecular flexibility index (Phi) is 4.02. The second-order valence-electron chi connectivity index (χ2n) is 5.03. The third-order valence-corrected chi connectivity index (χ3v) is 3.72. The van der Waals surface area contributed by atoms with Crippen molar-refractivity contribution in [2.75, 3.05) is 6.61 Å². The van der Waals surface area contributed by atoms with Gasteiger partial charge >= 0.3 is 0 Å². The first-order valence-corrected chi connectivity index (χ1v) is 6.98. The largest absolute Gasteiger partial charge is 0.394 e. The molecule has 1 aromatic carbocycles. The van der Waals surface area contributed by atoms with E-state index >= 15 is 0 Å². The molecule has 0 aliphatic rings. The first kappa shape index (κ1) is 13.8. The third-order valence-electron chi connectivity index (χ3n) is 2.80. The molecular formula is C15H17NO2S. The number of hydrogen-bond acceptors (Lipinski definition) is 3. The molecule has 3 nitrogen and oxygen atoms in total. The van der Waals surface area contributed by atoms with Crippen molar-refractivity contribution in [3.8, 4) is 11.1 Å². The van der Waals surface area contributed by atoms with Gasteiger partial charge in [-0.1, -0.05) is 30.3 Å². The average Bonchev–Trinajstić information content (AvgIpc) is 2.88. The molecule has 0 unspecified atom stereocenters. The monoisotopic (exact) mass is 275 g/mol. The number of rotatable bonds is 4. The molecule has 1 aromatic heterocycles. The van der Waals surface area contributed by atoms with Crippen LogP contribution in [0.2, 0.25) is 0 Å². The van der Waals surface area contributed by atoms with E-state index in [-0.39, 0.29) is 12.5 Å². The maximum absolute atomic E-state index is 12.3. The highest BCUT2D eigenvalue weighted by Gasteiger charge is 2.22. The van der Waals surface area contributed by atoms with E-state index in [2.05, 4.69) is 5.32 Å². The molecule has 2 rings (SSSR count). The van der Waals surface area contributed by atoms with Gasteiger partial charge in [0.15, 0.2) is 0 Å². The van der Waals surface area contributed by atoms with E-state index in [9.17, 15) is 9.90 Å². The minimum absolute atomic E-state index is 0.0925. The van der Waals surface area contributed by atoms with Crippen LogP contribution < -0.4 is 5.32 Å². The van der Waals surface area contributed by atoms with Crippen LogP contribution in [0.4, 0.5) is 0 Å². The van der Waals surface area contributed by atoms with Crippen LogP contribution in [0.15, 0.2) is 41.8 Å². The van der Waals surface area contributed by atoms with Gasteiger partial charge in [-0.25, -0.2) is 0 Å². The highest BCUT2D eigenvalue weighted by atomic mass is 32.1.